The van der Waals surface area contributed by atoms with Gasteiger partial charge in [-0.05, 0) is 73.6 Å². The summed E-state index contributed by atoms with van der Waals surface area (Å²) in [5, 5.41) is 12.3. The molecule has 1 aliphatic heterocycles. The standard InChI is InChI=1S/C32H50N4O4S/c1-5-7-18-32(19-8-6-2)23-41(38,39)28-17-14-25(36(3)4)22-27(28)29(30(32)37)24-12-15-26(16-13-24)40-21-11-9-10-20-35-31(33)34/h12-17,22,29-30,37H,5-11,18-21,23H2,1-4H3,(H4,33,34,35)/t29-,30?/m1/s1. The number of nitrogens with two attached hydrogens (primary N) is 2. The highest BCUT2D eigenvalue weighted by Gasteiger charge is 2.49. The molecule has 1 heterocycles. The Morgan fingerprint density at radius 1 is 1.00 bits per heavy atom. The van der Waals surface area contributed by atoms with Crippen LogP contribution in [-0.4, -0.2) is 58.6 Å². The Kier molecular flexibility index (Phi) is 11.9. The molecule has 0 aliphatic carbocycles. The van der Waals surface area contributed by atoms with Crippen LogP contribution in [-0.2, 0) is 9.84 Å². The first-order valence-electron chi connectivity index (χ1n) is 15.0. The van der Waals surface area contributed by atoms with Crippen molar-refractivity contribution < 1.29 is 18.3 Å². The zero-order chi connectivity index (χ0) is 30.0. The summed E-state index contributed by atoms with van der Waals surface area (Å²) in [5.74, 6) is 0.363. The third-order valence-electron chi connectivity index (χ3n) is 8.26. The predicted molar refractivity (Wildman–Crippen MR) is 169 cm³/mol. The molecule has 0 radical (unpaired) electrons. The lowest BCUT2D eigenvalue weighted by Crippen LogP contribution is -2.43. The highest BCUT2D eigenvalue weighted by Crippen LogP contribution is 2.50. The first-order chi connectivity index (χ1) is 19.5. The number of aliphatic hydroxyl groups excluding tert-OH is 1. The summed E-state index contributed by atoms with van der Waals surface area (Å²) in [6.45, 7) is 5.43. The first kappa shape index (κ1) is 32.7. The van der Waals surface area contributed by atoms with E-state index in [1.807, 2.05) is 55.4 Å². The number of nitrogens with zero attached hydrogens (tertiary/aromatic N) is 2. The zero-order valence-corrected chi connectivity index (χ0v) is 26.1. The monoisotopic (exact) mass is 586 g/mol. The Bertz CT molecular complexity index is 1230. The average Bonchev–Trinajstić information content (AvgIpc) is 3.01. The van der Waals surface area contributed by atoms with Crippen molar-refractivity contribution in [3.8, 4) is 5.75 Å². The van der Waals surface area contributed by atoms with Gasteiger partial charge < -0.3 is 26.2 Å². The van der Waals surface area contributed by atoms with Crippen molar-refractivity contribution in [2.24, 2.45) is 21.9 Å². The molecular formula is C32H50N4O4S. The topological polar surface area (TPSA) is 131 Å². The SMILES string of the molecule is CCCCC1(CCCC)CS(=O)(=O)c2ccc(N(C)C)cc2[C@@H](c2ccc(OCCCCCN=C(N)N)cc2)C1O. The van der Waals surface area contributed by atoms with Crippen molar-refractivity contribution in [2.75, 3.05) is 37.9 Å². The lowest BCUT2D eigenvalue weighted by atomic mass is 9.68. The predicted octanol–water partition coefficient (Wildman–Crippen LogP) is 5.22. The van der Waals surface area contributed by atoms with Gasteiger partial charge in [0.15, 0.2) is 15.8 Å². The van der Waals surface area contributed by atoms with Crippen LogP contribution in [0, 0.1) is 5.41 Å². The minimum Gasteiger partial charge on any atom is -0.494 e. The van der Waals surface area contributed by atoms with Crippen molar-refractivity contribution in [2.45, 2.75) is 88.6 Å². The van der Waals surface area contributed by atoms with Crippen LogP contribution in [0.5, 0.6) is 5.75 Å². The number of sulfone groups is 1. The molecule has 0 amide bonds. The number of ether oxygens (including phenoxy) is 1. The maximum absolute atomic E-state index is 14.0. The summed E-state index contributed by atoms with van der Waals surface area (Å²) in [7, 11) is 0.262. The van der Waals surface area contributed by atoms with Gasteiger partial charge in [-0.1, -0.05) is 51.7 Å². The molecule has 5 N–H and O–H groups in total. The van der Waals surface area contributed by atoms with E-state index in [2.05, 4.69) is 18.8 Å². The lowest BCUT2D eigenvalue weighted by Gasteiger charge is -2.40. The van der Waals surface area contributed by atoms with Gasteiger partial charge in [-0.3, -0.25) is 4.99 Å². The van der Waals surface area contributed by atoms with Crippen molar-refractivity contribution in [1.82, 2.24) is 0 Å². The normalized spacial score (nSPS) is 19.1. The summed E-state index contributed by atoms with van der Waals surface area (Å²) < 4.78 is 33.9. The van der Waals surface area contributed by atoms with Crippen LogP contribution < -0.4 is 21.1 Å². The Morgan fingerprint density at radius 2 is 1.66 bits per heavy atom. The van der Waals surface area contributed by atoms with Crippen LogP contribution in [0.25, 0.3) is 0 Å². The molecule has 2 aromatic rings. The van der Waals surface area contributed by atoms with Gasteiger partial charge in [0.05, 0.1) is 23.4 Å². The van der Waals surface area contributed by atoms with Crippen molar-refractivity contribution in [1.29, 1.82) is 0 Å². The van der Waals surface area contributed by atoms with Gasteiger partial charge in [0.25, 0.3) is 0 Å². The van der Waals surface area contributed by atoms with E-state index in [1.165, 1.54) is 0 Å². The molecule has 2 aromatic carbocycles. The van der Waals surface area contributed by atoms with E-state index in [1.54, 1.807) is 6.07 Å². The number of unbranched alkanes of at least 4 members (excludes halogenated alkanes) is 4. The van der Waals surface area contributed by atoms with Crippen LogP contribution in [0.2, 0.25) is 0 Å². The molecule has 8 nitrogen and oxygen atoms in total. The second kappa shape index (κ2) is 14.9. The summed E-state index contributed by atoms with van der Waals surface area (Å²) in [4.78, 5) is 6.31. The Balaban J connectivity index is 1.96. The second-order valence-electron chi connectivity index (χ2n) is 11.7. The van der Waals surface area contributed by atoms with E-state index < -0.39 is 27.3 Å². The average molecular weight is 587 g/mol. The van der Waals surface area contributed by atoms with Crippen molar-refractivity contribution in [3.63, 3.8) is 0 Å². The fourth-order valence-electron chi connectivity index (χ4n) is 5.95. The fourth-order valence-corrected chi connectivity index (χ4v) is 8.14. The van der Waals surface area contributed by atoms with Gasteiger partial charge in [0.2, 0.25) is 0 Å². The molecule has 41 heavy (non-hydrogen) atoms. The third kappa shape index (κ3) is 8.38. The Hall–Kier alpha value is -2.78. The van der Waals surface area contributed by atoms with Crippen LogP contribution in [0.3, 0.4) is 0 Å². The van der Waals surface area contributed by atoms with Gasteiger partial charge in [-0.15, -0.1) is 0 Å². The molecule has 0 spiro atoms. The maximum atomic E-state index is 14.0. The van der Waals surface area contributed by atoms with E-state index in [0.29, 0.717) is 36.5 Å². The van der Waals surface area contributed by atoms with Gasteiger partial charge in [-0.2, -0.15) is 0 Å². The van der Waals surface area contributed by atoms with E-state index >= 15 is 0 Å². The highest BCUT2D eigenvalue weighted by molar-refractivity contribution is 7.91. The number of anilines is 1. The number of fused-ring (bicyclic) bond motifs is 1. The number of rotatable bonds is 15. The molecule has 0 saturated carbocycles. The fraction of sp³-hybridized carbons (Fsp3) is 0.594. The van der Waals surface area contributed by atoms with E-state index in [4.69, 9.17) is 16.2 Å². The number of aliphatic imine (C=N–C) groups is 1. The summed E-state index contributed by atoms with van der Waals surface area (Å²) in [6, 6.07) is 13.4. The quantitative estimate of drug-likeness (QED) is 0.148. The van der Waals surface area contributed by atoms with Crippen molar-refractivity contribution >= 4 is 21.5 Å². The molecule has 0 saturated heterocycles. The van der Waals surface area contributed by atoms with Gasteiger partial charge in [0, 0.05) is 37.7 Å². The molecule has 2 atom stereocenters. The van der Waals surface area contributed by atoms with E-state index in [-0.39, 0.29) is 11.7 Å². The van der Waals surface area contributed by atoms with Crippen LogP contribution in [0.1, 0.15) is 88.7 Å². The largest absolute Gasteiger partial charge is 0.494 e. The van der Waals surface area contributed by atoms with Crippen molar-refractivity contribution in [3.05, 3.63) is 53.6 Å². The third-order valence-corrected chi connectivity index (χ3v) is 10.3. The molecule has 1 unspecified atom stereocenters. The molecule has 3 rings (SSSR count). The summed E-state index contributed by atoms with van der Waals surface area (Å²) in [6.07, 6.45) is 6.91. The number of benzene rings is 2. The summed E-state index contributed by atoms with van der Waals surface area (Å²) >= 11 is 0. The number of guanidine groups is 1. The zero-order valence-electron chi connectivity index (χ0n) is 25.3. The number of hydrogen-bond donors (Lipinski definition) is 3. The van der Waals surface area contributed by atoms with Gasteiger partial charge in [-0.25, -0.2) is 8.42 Å². The minimum absolute atomic E-state index is 0.0314. The van der Waals surface area contributed by atoms with Crippen LogP contribution in [0.4, 0.5) is 5.69 Å². The molecule has 0 aromatic heterocycles. The first-order valence-corrected chi connectivity index (χ1v) is 16.7. The van der Waals surface area contributed by atoms with Crippen LogP contribution in [0.15, 0.2) is 52.4 Å². The lowest BCUT2D eigenvalue weighted by molar-refractivity contribution is 0.0127. The summed E-state index contributed by atoms with van der Waals surface area (Å²) in [5.41, 5.74) is 12.5. The molecule has 0 bridgehead atoms. The molecule has 1 aliphatic rings. The second-order valence-corrected chi connectivity index (χ2v) is 13.6. The Morgan fingerprint density at radius 3 is 2.24 bits per heavy atom. The highest BCUT2D eigenvalue weighted by atomic mass is 32.2. The molecular weight excluding hydrogens is 536 g/mol. The molecule has 228 valence electrons. The smallest absolute Gasteiger partial charge is 0.185 e. The molecule has 9 heteroatoms. The van der Waals surface area contributed by atoms with Crippen LogP contribution >= 0.6 is 0 Å². The van der Waals surface area contributed by atoms with E-state index in [0.717, 1.165) is 61.9 Å². The Labute approximate surface area is 247 Å². The van der Waals surface area contributed by atoms with Gasteiger partial charge in [0.1, 0.15) is 5.75 Å². The number of aliphatic hydroxyl groups is 1. The maximum Gasteiger partial charge on any atom is 0.185 e. The number of hydrogen-bond acceptors (Lipinski definition) is 6. The molecule has 0 fully saturated rings. The minimum atomic E-state index is -3.62. The van der Waals surface area contributed by atoms with Gasteiger partial charge >= 0.3 is 0 Å². The van der Waals surface area contributed by atoms with E-state index in [9.17, 15) is 13.5 Å².